The first-order valence-electron chi connectivity index (χ1n) is 4.94. The molecule has 1 heterocycles. The average molecular weight is 181 g/mol. The summed E-state index contributed by atoms with van der Waals surface area (Å²) in [7, 11) is 0. The molecule has 0 aromatic carbocycles. The van der Waals surface area contributed by atoms with Gasteiger partial charge in [0.25, 0.3) is 0 Å². The van der Waals surface area contributed by atoms with Gasteiger partial charge < -0.3 is 5.11 Å². The highest BCUT2D eigenvalue weighted by Gasteiger charge is 2.34. The van der Waals surface area contributed by atoms with Crippen LogP contribution in [-0.2, 0) is 4.79 Å². The minimum absolute atomic E-state index is 0.229. The Morgan fingerprint density at radius 2 is 2.31 bits per heavy atom. The van der Waals surface area contributed by atoms with E-state index in [2.05, 4.69) is 17.1 Å². The quantitative estimate of drug-likeness (QED) is 0.652. The number of carboxylic acids is 1. The second-order valence-corrected chi connectivity index (χ2v) is 3.81. The van der Waals surface area contributed by atoms with Gasteiger partial charge in [-0.15, -0.1) is 0 Å². The van der Waals surface area contributed by atoms with Gasteiger partial charge >= 0.3 is 5.97 Å². The van der Waals surface area contributed by atoms with Gasteiger partial charge in [-0.05, 0) is 32.2 Å². The van der Waals surface area contributed by atoms with Crippen LogP contribution in [0.5, 0.6) is 0 Å². The second-order valence-electron chi connectivity index (χ2n) is 3.81. The van der Waals surface area contributed by atoms with Gasteiger partial charge in [-0.1, -0.05) is 12.2 Å². The summed E-state index contributed by atoms with van der Waals surface area (Å²) < 4.78 is 0. The molecule has 0 aromatic rings. The van der Waals surface area contributed by atoms with Gasteiger partial charge in [0.15, 0.2) is 0 Å². The molecule has 0 spiro atoms. The van der Waals surface area contributed by atoms with Crippen LogP contribution in [0.1, 0.15) is 25.7 Å². The number of rotatable bonds is 2. The summed E-state index contributed by atoms with van der Waals surface area (Å²) in [5, 5.41) is 8.98. The van der Waals surface area contributed by atoms with E-state index in [9.17, 15) is 4.79 Å². The molecule has 0 amide bonds. The van der Waals surface area contributed by atoms with Crippen LogP contribution in [0.4, 0.5) is 0 Å². The Hall–Kier alpha value is -0.830. The number of aliphatic carboxylic acids is 1. The Kier molecular flexibility index (Phi) is 2.36. The standard InChI is InChI=1S/C10H15NO2/c12-10(13)9-6-3-7-11(9)8-4-1-2-5-8/h1,4,8-9H,2-3,5-7H2,(H,12,13)/t8-,9-/m1/s1. The normalized spacial score (nSPS) is 34.2. The van der Waals surface area contributed by atoms with Gasteiger partial charge in [-0.2, -0.15) is 0 Å². The smallest absolute Gasteiger partial charge is 0.320 e. The molecule has 72 valence electrons. The molecule has 1 N–H and O–H groups in total. The third kappa shape index (κ3) is 1.61. The van der Waals surface area contributed by atoms with Crippen molar-refractivity contribution in [3.8, 4) is 0 Å². The third-order valence-corrected chi connectivity index (χ3v) is 2.99. The van der Waals surface area contributed by atoms with E-state index >= 15 is 0 Å². The molecule has 0 radical (unpaired) electrons. The minimum atomic E-state index is -0.655. The van der Waals surface area contributed by atoms with Gasteiger partial charge in [-0.3, -0.25) is 9.69 Å². The predicted molar refractivity (Wildman–Crippen MR) is 49.5 cm³/mol. The molecule has 3 nitrogen and oxygen atoms in total. The molecule has 1 aliphatic heterocycles. The minimum Gasteiger partial charge on any atom is -0.480 e. The van der Waals surface area contributed by atoms with Crippen molar-refractivity contribution in [2.75, 3.05) is 6.54 Å². The topological polar surface area (TPSA) is 40.5 Å². The lowest BCUT2D eigenvalue weighted by Gasteiger charge is -2.26. The number of nitrogens with zero attached hydrogens (tertiary/aromatic N) is 1. The molecule has 13 heavy (non-hydrogen) atoms. The third-order valence-electron chi connectivity index (χ3n) is 2.99. The first-order valence-corrected chi connectivity index (χ1v) is 4.94. The van der Waals surface area contributed by atoms with Crippen LogP contribution in [0.15, 0.2) is 12.2 Å². The number of carbonyl (C=O) groups is 1. The van der Waals surface area contributed by atoms with E-state index < -0.39 is 5.97 Å². The molecule has 0 saturated carbocycles. The molecule has 1 fully saturated rings. The number of likely N-dealkylation sites (tertiary alicyclic amines) is 1. The Bertz CT molecular complexity index is 237. The van der Waals surface area contributed by atoms with E-state index in [0.29, 0.717) is 6.04 Å². The van der Waals surface area contributed by atoms with Crippen molar-refractivity contribution in [3.05, 3.63) is 12.2 Å². The van der Waals surface area contributed by atoms with Crippen LogP contribution in [0.3, 0.4) is 0 Å². The number of hydrogen-bond donors (Lipinski definition) is 1. The van der Waals surface area contributed by atoms with E-state index in [0.717, 1.165) is 32.2 Å². The Morgan fingerprint density at radius 1 is 1.46 bits per heavy atom. The number of hydrogen-bond acceptors (Lipinski definition) is 2. The van der Waals surface area contributed by atoms with Gasteiger partial charge in [0.05, 0.1) is 0 Å². The first-order chi connectivity index (χ1) is 6.29. The summed E-state index contributed by atoms with van der Waals surface area (Å²) in [5.41, 5.74) is 0. The highest BCUT2D eigenvalue weighted by Crippen LogP contribution is 2.25. The zero-order chi connectivity index (χ0) is 9.26. The van der Waals surface area contributed by atoms with Crippen molar-refractivity contribution in [2.45, 2.75) is 37.8 Å². The maximum atomic E-state index is 10.9. The molecule has 0 unspecified atom stereocenters. The number of carboxylic acid groups (broad SMARTS) is 1. The van der Waals surface area contributed by atoms with E-state index in [1.54, 1.807) is 0 Å². The van der Waals surface area contributed by atoms with Crippen LogP contribution < -0.4 is 0 Å². The fraction of sp³-hybridized carbons (Fsp3) is 0.700. The largest absolute Gasteiger partial charge is 0.480 e. The fourth-order valence-electron chi connectivity index (χ4n) is 2.34. The summed E-state index contributed by atoms with van der Waals surface area (Å²) in [4.78, 5) is 13.0. The van der Waals surface area contributed by atoms with Crippen molar-refractivity contribution < 1.29 is 9.90 Å². The highest BCUT2D eigenvalue weighted by atomic mass is 16.4. The van der Waals surface area contributed by atoms with Crippen LogP contribution >= 0.6 is 0 Å². The Balaban J connectivity index is 2.04. The maximum absolute atomic E-state index is 10.9. The lowest BCUT2D eigenvalue weighted by atomic mass is 10.2. The fourth-order valence-corrected chi connectivity index (χ4v) is 2.34. The number of allylic oxidation sites excluding steroid dienone is 1. The second kappa shape index (κ2) is 3.50. The summed E-state index contributed by atoms with van der Waals surface area (Å²) in [6, 6.07) is 0.163. The molecule has 0 bridgehead atoms. The van der Waals surface area contributed by atoms with Crippen molar-refractivity contribution in [1.82, 2.24) is 4.90 Å². The molecule has 3 heteroatoms. The monoisotopic (exact) mass is 181 g/mol. The molecule has 2 rings (SSSR count). The first kappa shape index (κ1) is 8.75. The molecule has 1 aliphatic carbocycles. The average Bonchev–Trinajstić information content (AvgIpc) is 2.74. The van der Waals surface area contributed by atoms with E-state index in [-0.39, 0.29) is 6.04 Å². The van der Waals surface area contributed by atoms with E-state index in [4.69, 9.17) is 5.11 Å². The van der Waals surface area contributed by atoms with Crippen LogP contribution in [0, 0.1) is 0 Å². The van der Waals surface area contributed by atoms with Crippen molar-refractivity contribution in [3.63, 3.8) is 0 Å². The van der Waals surface area contributed by atoms with Crippen LogP contribution in [0.2, 0.25) is 0 Å². The Labute approximate surface area is 78.0 Å². The van der Waals surface area contributed by atoms with Crippen molar-refractivity contribution in [1.29, 1.82) is 0 Å². The van der Waals surface area contributed by atoms with Gasteiger partial charge in [0, 0.05) is 6.04 Å². The molecule has 2 aliphatic rings. The van der Waals surface area contributed by atoms with Gasteiger partial charge in [-0.25, -0.2) is 0 Å². The van der Waals surface area contributed by atoms with Gasteiger partial charge in [0.2, 0.25) is 0 Å². The van der Waals surface area contributed by atoms with Crippen molar-refractivity contribution in [2.24, 2.45) is 0 Å². The van der Waals surface area contributed by atoms with Gasteiger partial charge in [0.1, 0.15) is 6.04 Å². The van der Waals surface area contributed by atoms with E-state index in [1.165, 1.54) is 0 Å². The predicted octanol–water partition coefficient (Wildman–Crippen LogP) is 1.25. The zero-order valence-electron chi connectivity index (χ0n) is 7.65. The lowest BCUT2D eigenvalue weighted by molar-refractivity contribution is -0.142. The molecule has 2 atom stereocenters. The highest BCUT2D eigenvalue weighted by molar-refractivity contribution is 5.73. The Morgan fingerprint density at radius 3 is 2.92 bits per heavy atom. The molecule has 1 saturated heterocycles. The van der Waals surface area contributed by atoms with Crippen molar-refractivity contribution >= 4 is 5.97 Å². The molecular formula is C10H15NO2. The zero-order valence-corrected chi connectivity index (χ0v) is 7.65. The maximum Gasteiger partial charge on any atom is 0.320 e. The summed E-state index contributed by atoms with van der Waals surface area (Å²) in [6.45, 7) is 0.950. The molecule has 0 aromatic heterocycles. The summed E-state index contributed by atoms with van der Waals surface area (Å²) in [5.74, 6) is -0.655. The SMILES string of the molecule is O=C(O)[C@H]1CCCN1[C@@H]1C=CCC1. The summed E-state index contributed by atoms with van der Waals surface area (Å²) >= 11 is 0. The molecular weight excluding hydrogens is 166 g/mol. The summed E-state index contributed by atoms with van der Waals surface area (Å²) in [6.07, 6.45) is 8.36. The van der Waals surface area contributed by atoms with E-state index in [1.807, 2.05) is 0 Å². The van der Waals surface area contributed by atoms with Crippen LogP contribution in [-0.4, -0.2) is 34.6 Å². The van der Waals surface area contributed by atoms with Crippen LogP contribution in [0.25, 0.3) is 0 Å². The lowest BCUT2D eigenvalue weighted by Crippen LogP contribution is -2.41.